The number of hydrogen-bond acceptors (Lipinski definition) is 6. The number of carbonyl (C=O) groups is 3. The Hall–Kier alpha value is -2.81. The second-order valence-electron chi connectivity index (χ2n) is 10.2. The SMILES string of the molecule is COc1ccc(CCN2C(=O)N[C@@H](CCC(=O)N(C)C[C@@H]3CCCN4CCCC[C@H]34)C2=O)cc1OC. The average Bonchev–Trinajstić information content (AvgIpc) is 3.17. The number of urea groups is 1. The van der Waals surface area contributed by atoms with Gasteiger partial charge in [-0.05, 0) is 75.2 Å². The highest BCUT2D eigenvalue weighted by molar-refractivity contribution is 6.04. The number of imide groups is 1. The predicted octanol–water partition coefficient (Wildman–Crippen LogP) is 2.67. The summed E-state index contributed by atoms with van der Waals surface area (Å²) in [7, 11) is 5.02. The van der Waals surface area contributed by atoms with Crippen molar-refractivity contribution in [2.45, 2.75) is 63.5 Å². The molecule has 3 atom stereocenters. The quantitative estimate of drug-likeness (QED) is 0.497. The van der Waals surface area contributed by atoms with Gasteiger partial charge in [0.25, 0.3) is 5.91 Å². The van der Waals surface area contributed by atoms with Gasteiger partial charge in [0.1, 0.15) is 6.04 Å². The average molecular weight is 501 g/mol. The number of rotatable bonds is 10. The van der Waals surface area contributed by atoms with Crippen molar-refractivity contribution >= 4 is 17.8 Å². The Morgan fingerprint density at radius 2 is 1.86 bits per heavy atom. The summed E-state index contributed by atoms with van der Waals surface area (Å²) < 4.78 is 10.6. The Bertz CT molecular complexity index is 952. The van der Waals surface area contributed by atoms with Crippen molar-refractivity contribution in [3.8, 4) is 11.5 Å². The number of amides is 4. The number of benzene rings is 1. The van der Waals surface area contributed by atoms with Gasteiger partial charge in [-0.25, -0.2) is 4.79 Å². The van der Waals surface area contributed by atoms with Crippen LogP contribution in [0.2, 0.25) is 0 Å². The molecule has 1 aromatic rings. The highest BCUT2D eigenvalue weighted by atomic mass is 16.5. The van der Waals surface area contributed by atoms with Gasteiger partial charge in [0.15, 0.2) is 11.5 Å². The van der Waals surface area contributed by atoms with Gasteiger partial charge in [-0.1, -0.05) is 12.5 Å². The van der Waals surface area contributed by atoms with Gasteiger partial charge >= 0.3 is 6.03 Å². The molecule has 4 amide bonds. The summed E-state index contributed by atoms with van der Waals surface area (Å²) >= 11 is 0. The summed E-state index contributed by atoms with van der Waals surface area (Å²) in [4.78, 5) is 43.9. The number of methoxy groups -OCH3 is 2. The third-order valence-electron chi connectivity index (χ3n) is 7.99. The number of ether oxygens (including phenoxy) is 2. The zero-order valence-electron chi connectivity index (χ0n) is 21.8. The molecule has 3 aliphatic heterocycles. The van der Waals surface area contributed by atoms with Crippen LogP contribution in [0.3, 0.4) is 0 Å². The Morgan fingerprint density at radius 3 is 2.64 bits per heavy atom. The molecule has 0 unspecified atom stereocenters. The fourth-order valence-electron chi connectivity index (χ4n) is 5.96. The zero-order chi connectivity index (χ0) is 25.7. The summed E-state index contributed by atoms with van der Waals surface area (Å²) in [5, 5.41) is 2.76. The highest BCUT2D eigenvalue weighted by Gasteiger charge is 2.38. The van der Waals surface area contributed by atoms with Crippen LogP contribution >= 0.6 is 0 Å². The molecule has 1 aromatic carbocycles. The van der Waals surface area contributed by atoms with Crippen LogP contribution in [0.4, 0.5) is 4.79 Å². The summed E-state index contributed by atoms with van der Waals surface area (Å²) in [6.07, 6.45) is 7.24. The van der Waals surface area contributed by atoms with Crippen LogP contribution in [0.15, 0.2) is 18.2 Å². The van der Waals surface area contributed by atoms with Crippen LogP contribution in [-0.4, -0.2) is 92.1 Å². The first-order valence-corrected chi connectivity index (χ1v) is 13.2. The summed E-state index contributed by atoms with van der Waals surface area (Å²) in [6.45, 7) is 3.40. The molecule has 0 spiro atoms. The molecular weight excluding hydrogens is 460 g/mol. The van der Waals surface area contributed by atoms with Crippen LogP contribution in [0.25, 0.3) is 0 Å². The third kappa shape index (κ3) is 5.94. The standard InChI is InChI=1S/C27H40N4O5/c1-29(18-20-7-6-15-30-14-5-4-8-22(20)30)25(32)12-10-21-26(33)31(27(34)28-21)16-13-19-9-11-23(35-2)24(17-19)36-3/h9,11,17,20-22H,4-8,10,12-16,18H2,1-3H3,(H,28,34)/t20-,21-,22+/m0/s1. The number of nitrogens with zero attached hydrogens (tertiary/aromatic N) is 3. The van der Waals surface area contributed by atoms with Crippen LogP contribution in [0, 0.1) is 5.92 Å². The molecule has 3 fully saturated rings. The molecule has 36 heavy (non-hydrogen) atoms. The molecule has 3 saturated heterocycles. The van der Waals surface area contributed by atoms with Gasteiger partial charge in [-0.3, -0.25) is 14.5 Å². The molecule has 198 valence electrons. The molecule has 4 rings (SSSR count). The first-order chi connectivity index (χ1) is 17.4. The smallest absolute Gasteiger partial charge is 0.324 e. The van der Waals surface area contributed by atoms with Crippen molar-refractivity contribution in [2.75, 3.05) is 47.4 Å². The van der Waals surface area contributed by atoms with Crippen LogP contribution in [0.1, 0.15) is 50.5 Å². The maximum Gasteiger partial charge on any atom is 0.324 e. The fraction of sp³-hybridized carbons (Fsp3) is 0.667. The molecule has 0 radical (unpaired) electrons. The largest absolute Gasteiger partial charge is 0.493 e. The first kappa shape index (κ1) is 26.3. The number of carbonyl (C=O) groups excluding carboxylic acids is 3. The molecule has 3 aliphatic rings. The molecule has 0 aromatic heterocycles. The lowest BCUT2D eigenvalue weighted by atomic mass is 9.83. The van der Waals surface area contributed by atoms with E-state index >= 15 is 0 Å². The lowest BCUT2D eigenvalue weighted by molar-refractivity contribution is -0.131. The van der Waals surface area contributed by atoms with Crippen LogP contribution in [0.5, 0.6) is 11.5 Å². The van der Waals surface area contributed by atoms with Crippen molar-refractivity contribution in [2.24, 2.45) is 5.92 Å². The van der Waals surface area contributed by atoms with E-state index in [0.29, 0.717) is 36.3 Å². The van der Waals surface area contributed by atoms with Gasteiger partial charge in [0, 0.05) is 32.6 Å². The summed E-state index contributed by atoms with van der Waals surface area (Å²) in [5.74, 6) is 1.53. The van der Waals surface area contributed by atoms with Gasteiger partial charge in [0.2, 0.25) is 5.91 Å². The molecular formula is C27H40N4O5. The fourth-order valence-corrected chi connectivity index (χ4v) is 5.96. The van der Waals surface area contributed by atoms with E-state index in [1.165, 1.54) is 50.1 Å². The van der Waals surface area contributed by atoms with Crippen molar-refractivity contribution in [1.29, 1.82) is 0 Å². The van der Waals surface area contributed by atoms with Crippen molar-refractivity contribution in [1.82, 2.24) is 20.0 Å². The lowest BCUT2D eigenvalue weighted by Gasteiger charge is -2.45. The number of hydrogen-bond donors (Lipinski definition) is 1. The highest BCUT2D eigenvalue weighted by Crippen LogP contribution is 2.31. The second kappa shape index (κ2) is 12.0. The number of nitrogens with one attached hydrogen (secondary N) is 1. The minimum absolute atomic E-state index is 0.0359. The van der Waals surface area contributed by atoms with Crippen molar-refractivity contribution in [3.05, 3.63) is 23.8 Å². The molecule has 9 nitrogen and oxygen atoms in total. The molecule has 0 saturated carbocycles. The van der Waals surface area contributed by atoms with E-state index in [0.717, 1.165) is 12.1 Å². The van der Waals surface area contributed by atoms with Gasteiger partial charge in [-0.2, -0.15) is 0 Å². The van der Waals surface area contributed by atoms with E-state index in [4.69, 9.17) is 9.47 Å². The Balaban J connectivity index is 1.25. The van der Waals surface area contributed by atoms with Gasteiger partial charge < -0.3 is 24.6 Å². The monoisotopic (exact) mass is 500 g/mol. The second-order valence-corrected chi connectivity index (χ2v) is 10.2. The van der Waals surface area contributed by atoms with Gasteiger partial charge in [-0.15, -0.1) is 0 Å². The summed E-state index contributed by atoms with van der Waals surface area (Å²) in [6, 6.07) is 5.10. The maximum absolute atomic E-state index is 12.9. The molecule has 9 heteroatoms. The lowest BCUT2D eigenvalue weighted by Crippen LogP contribution is -2.51. The molecule has 0 bridgehead atoms. The number of fused-ring (bicyclic) bond motifs is 1. The van der Waals surface area contributed by atoms with Gasteiger partial charge in [0.05, 0.1) is 14.2 Å². The van der Waals surface area contributed by atoms with Crippen LogP contribution in [-0.2, 0) is 16.0 Å². The molecule has 0 aliphatic carbocycles. The minimum atomic E-state index is -0.649. The predicted molar refractivity (Wildman–Crippen MR) is 136 cm³/mol. The Morgan fingerprint density at radius 1 is 1.08 bits per heavy atom. The third-order valence-corrected chi connectivity index (χ3v) is 7.99. The molecule has 3 heterocycles. The van der Waals surface area contributed by atoms with E-state index < -0.39 is 12.1 Å². The number of piperidine rings is 2. The van der Waals surface area contributed by atoms with Crippen LogP contribution < -0.4 is 14.8 Å². The Labute approximate surface area is 214 Å². The van der Waals surface area contributed by atoms with Crippen molar-refractivity contribution in [3.63, 3.8) is 0 Å². The summed E-state index contributed by atoms with van der Waals surface area (Å²) in [5.41, 5.74) is 0.938. The maximum atomic E-state index is 12.9. The van der Waals surface area contributed by atoms with Crippen molar-refractivity contribution < 1.29 is 23.9 Å². The van der Waals surface area contributed by atoms with E-state index in [1.807, 2.05) is 30.1 Å². The van der Waals surface area contributed by atoms with E-state index in [1.54, 1.807) is 14.2 Å². The van der Waals surface area contributed by atoms with E-state index in [9.17, 15) is 14.4 Å². The topological polar surface area (TPSA) is 91.4 Å². The minimum Gasteiger partial charge on any atom is -0.493 e. The molecule has 1 N–H and O–H groups in total. The van der Waals surface area contributed by atoms with E-state index in [2.05, 4.69) is 10.2 Å². The van der Waals surface area contributed by atoms with E-state index in [-0.39, 0.29) is 24.8 Å². The Kier molecular flexibility index (Phi) is 8.72. The first-order valence-electron chi connectivity index (χ1n) is 13.2. The normalized spacial score (nSPS) is 24.3. The zero-order valence-corrected chi connectivity index (χ0v) is 21.8.